The van der Waals surface area contributed by atoms with E-state index in [1.807, 2.05) is 58.2 Å². The van der Waals surface area contributed by atoms with Gasteiger partial charge in [-0.1, -0.05) is 13.8 Å². The smallest absolute Gasteiger partial charge is 0.226 e. The summed E-state index contributed by atoms with van der Waals surface area (Å²) in [6.07, 6.45) is 1.87. The van der Waals surface area contributed by atoms with Gasteiger partial charge in [0, 0.05) is 34.7 Å². The number of nitrogens with zero attached hydrogens (tertiary/aromatic N) is 2. The molecule has 122 valence electrons. The van der Waals surface area contributed by atoms with Crippen molar-refractivity contribution in [1.82, 2.24) is 9.97 Å². The Hall–Kier alpha value is -2.43. The molecule has 0 radical (unpaired) electrons. The van der Waals surface area contributed by atoms with Crippen LogP contribution in [-0.4, -0.2) is 15.9 Å². The van der Waals surface area contributed by atoms with Crippen LogP contribution in [0.4, 0.5) is 11.4 Å². The van der Waals surface area contributed by atoms with Gasteiger partial charge in [-0.25, -0.2) is 9.97 Å². The summed E-state index contributed by atoms with van der Waals surface area (Å²) in [5.74, 6) is 0.771. The van der Waals surface area contributed by atoms with E-state index in [0.717, 1.165) is 28.5 Å². The quantitative estimate of drug-likeness (QED) is 0.879. The van der Waals surface area contributed by atoms with E-state index in [2.05, 4.69) is 27.5 Å². The van der Waals surface area contributed by atoms with Gasteiger partial charge in [-0.05, 0) is 45.0 Å². The van der Waals surface area contributed by atoms with Crippen molar-refractivity contribution in [3.8, 4) is 0 Å². The average Bonchev–Trinajstić information content (AvgIpc) is 2.48. The van der Waals surface area contributed by atoms with Crippen LogP contribution in [0.1, 0.15) is 43.9 Å². The minimum absolute atomic E-state index is 0.0199. The molecule has 0 saturated carbocycles. The second kappa shape index (κ2) is 7.22. The lowest BCUT2D eigenvalue weighted by Crippen LogP contribution is -2.17. The Kier molecular flexibility index (Phi) is 5.32. The fourth-order valence-corrected chi connectivity index (χ4v) is 2.28. The Bertz CT molecular complexity index is 680. The molecule has 1 aromatic heterocycles. The largest absolute Gasteiger partial charge is 0.378 e. The number of rotatable bonds is 5. The third-order valence-corrected chi connectivity index (χ3v) is 3.66. The highest BCUT2D eigenvalue weighted by Gasteiger charge is 2.11. The third-order valence-electron chi connectivity index (χ3n) is 3.66. The van der Waals surface area contributed by atoms with Gasteiger partial charge in [0.2, 0.25) is 5.91 Å². The third kappa shape index (κ3) is 4.52. The maximum Gasteiger partial charge on any atom is 0.226 e. The van der Waals surface area contributed by atoms with Crippen LogP contribution in [0.2, 0.25) is 0 Å². The average molecular weight is 312 g/mol. The Morgan fingerprint density at radius 3 is 2.22 bits per heavy atom. The molecule has 5 nitrogen and oxygen atoms in total. The number of carbonyl (C=O) groups excluding carboxylic acids is 1. The van der Waals surface area contributed by atoms with Crippen LogP contribution in [0, 0.1) is 19.8 Å². The van der Waals surface area contributed by atoms with Crippen molar-refractivity contribution in [2.45, 2.75) is 40.7 Å². The van der Waals surface area contributed by atoms with Crippen LogP contribution in [0.5, 0.6) is 0 Å². The van der Waals surface area contributed by atoms with Crippen molar-refractivity contribution in [2.75, 3.05) is 10.6 Å². The minimum Gasteiger partial charge on any atom is -0.378 e. The Morgan fingerprint density at radius 2 is 1.65 bits per heavy atom. The minimum atomic E-state index is -0.0302. The second-order valence-corrected chi connectivity index (χ2v) is 6.05. The van der Waals surface area contributed by atoms with Crippen molar-refractivity contribution in [3.05, 3.63) is 47.5 Å². The van der Waals surface area contributed by atoms with Gasteiger partial charge in [0.1, 0.15) is 5.82 Å². The molecule has 23 heavy (non-hydrogen) atoms. The van der Waals surface area contributed by atoms with Gasteiger partial charge in [0.25, 0.3) is 0 Å². The molecular formula is C18H24N4O. The van der Waals surface area contributed by atoms with E-state index in [1.165, 1.54) is 0 Å². The lowest BCUT2D eigenvalue weighted by atomic mass is 10.1. The van der Waals surface area contributed by atoms with Gasteiger partial charge in [0.05, 0.1) is 6.04 Å². The molecule has 2 N–H and O–H groups in total. The molecule has 2 aromatic rings. The first-order valence-corrected chi connectivity index (χ1v) is 7.84. The van der Waals surface area contributed by atoms with Gasteiger partial charge in [-0.2, -0.15) is 0 Å². The van der Waals surface area contributed by atoms with Gasteiger partial charge in [-0.3, -0.25) is 4.79 Å². The second-order valence-electron chi connectivity index (χ2n) is 6.05. The molecule has 1 atom stereocenters. The van der Waals surface area contributed by atoms with E-state index in [9.17, 15) is 4.79 Å². The number of hydrogen-bond acceptors (Lipinski definition) is 4. The van der Waals surface area contributed by atoms with Crippen LogP contribution in [0.25, 0.3) is 0 Å². The topological polar surface area (TPSA) is 66.9 Å². The van der Waals surface area contributed by atoms with Crippen molar-refractivity contribution in [3.63, 3.8) is 0 Å². The first-order valence-electron chi connectivity index (χ1n) is 7.84. The Labute approximate surface area is 137 Å². The number of anilines is 2. The lowest BCUT2D eigenvalue weighted by Gasteiger charge is -2.17. The molecule has 0 fully saturated rings. The summed E-state index contributed by atoms with van der Waals surface area (Å²) in [5, 5.41) is 6.31. The molecule has 2 rings (SSSR count). The standard InChI is InChI=1S/C18H24N4O/c1-11(2)18(23)22-16-8-6-15(7-9-16)21-13(4)17-10-19-14(5)20-12(17)3/h6-11,13,21H,1-5H3,(H,22,23). The highest BCUT2D eigenvalue weighted by molar-refractivity contribution is 5.92. The molecule has 0 aliphatic heterocycles. The molecule has 0 bridgehead atoms. The van der Waals surface area contributed by atoms with Gasteiger partial charge >= 0.3 is 0 Å². The van der Waals surface area contributed by atoms with Gasteiger partial charge in [0.15, 0.2) is 0 Å². The SMILES string of the molecule is Cc1ncc(C(C)Nc2ccc(NC(=O)C(C)C)cc2)c(C)n1. The van der Waals surface area contributed by atoms with Crippen molar-refractivity contribution in [2.24, 2.45) is 5.92 Å². The van der Waals surface area contributed by atoms with E-state index in [-0.39, 0.29) is 17.9 Å². The van der Waals surface area contributed by atoms with E-state index in [0.29, 0.717) is 0 Å². The molecule has 5 heteroatoms. The van der Waals surface area contributed by atoms with Crippen molar-refractivity contribution in [1.29, 1.82) is 0 Å². The summed E-state index contributed by atoms with van der Waals surface area (Å²) in [7, 11) is 0. The number of nitrogens with one attached hydrogen (secondary N) is 2. The van der Waals surface area contributed by atoms with Crippen molar-refractivity contribution >= 4 is 17.3 Å². The molecule has 1 heterocycles. The highest BCUT2D eigenvalue weighted by Crippen LogP contribution is 2.22. The van der Waals surface area contributed by atoms with Crippen LogP contribution in [0.15, 0.2) is 30.5 Å². The van der Waals surface area contributed by atoms with Gasteiger partial charge < -0.3 is 10.6 Å². The Balaban J connectivity index is 2.04. The number of aromatic nitrogens is 2. The summed E-state index contributed by atoms with van der Waals surface area (Å²) < 4.78 is 0. The molecule has 0 aliphatic rings. The normalized spacial score (nSPS) is 12.1. The van der Waals surface area contributed by atoms with Crippen LogP contribution in [-0.2, 0) is 4.79 Å². The van der Waals surface area contributed by atoms with E-state index in [1.54, 1.807) is 0 Å². The molecule has 0 saturated heterocycles. The first-order chi connectivity index (χ1) is 10.9. The van der Waals surface area contributed by atoms with E-state index < -0.39 is 0 Å². The number of aryl methyl sites for hydroxylation is 2. The monoisotopic (exact) mass is 312 g/mol. The zero-order chi connectivity index (χ0) is 17.0. The zero-order valence-electron chi connectivity index (χ0n) is 14.3. The summed E-state index contributed by atoms with van der Waals surface area (Å²) in [4.78, 5) is 20.4. The fourth-order valence-electron chi connectivity index (χ4n) is 2.28. The molecule has 0 aliphatic carbocycles. The lowest BCUT2D eigenvalue weighted by molar-refractivity contribution is -0.118. The molecule has 1 amide bonds. The molecule has 1 aromatic carbocycles. The maximum absolute atomic E-state index is 11.7. The Morgan fingerprint density at radius 1 is 1.04 bits per heavy atom. The zero-order valence-corrected chi connectivity index (χ0v) is 14.3. The van der Waals surface area contributed by atoms with Crippen LogP contribution >= 0.6 is 0 Å². The number of benzene rings is 1. The summed E-state index contributed by atoms with van der Waals surface area (Å²) in [6.45, 7) is 9.71. The van der Waals surface area contributed by atoms with Crippen LogP contribution < -0.4 is 10.6 Å². The maximum atomic E-state index is 11.7. The molecule has 1 unspecified atom stereocenters. The first kappa shape index (κ1) is 16.9. The predicted molar refractivity (Wildman–Crippen MR) is 93.5 cm³/mol. The highest BCUT2D eigenvalue weighted by atomic mass is 16.1. The number of amides is 1. The van der Waals surface area contributed by atoms with Crippen LogP contribution in [0.3, 0.4) is 0 Å². The summed E-state index contributed by atoms with van der Waals surface area (Å²) in [6, 6.07) is 7.81. The summed E-state index contributed by atoms with van der Waals surface area (Å²) >= 11 is 0. The fraction of sp³-hybridized carbons (Fsp3) is 0.389. The number of hydrogen-bond donors (Lipinski definition) is 2. The van der Waals surface area contributed by atoms with E-state index in [4.69, 9.17) is 0 Å². The number of carbonyl (C=O) groups is 1. The van der Waals surface area contributed by atoms with E-state index >= 15 is 0 Å². The summed E-state index contributed by atoms with van der Waals surface area (Å²) in [5.41, 5.74) is 3.85. The molecular weight excluding hydrogens is 288 g/mol. The molecule has 0 spiro atoms. The predicted octanol–water partition coefficient (Wildman–Crippen LogP) is 3.86. The van der Waals surface area contributed by atoms with Crippen molar-refractivity contribution < 1.29 is 4.79 Å². The van der Waals surface area contributed by atoms with Gasteiger partial charge in [-0.15, -0.1) is 0 Å².